The molecule has 0 spiro atoms. The summed E-state index contributed by atoms with van der Waals surface area (Å²) in [5.74, 6) is -1.71. The maximum Gasteiger partial charge on any atom is 0.360 e. The van der Waals surface area contributed by atoms with Crippen LogP contribution in [0.25, 0.3) is 16.7 Å². The molecule has 0 radical (unpaired) electrons. The van der Waals surface area contributed by atoms with E-state index in [4.69, 9.17) is 9.15 Å². The van der Waals surface area contributed by atoms with Gasteiger partial charge >= 0.3 is 11.6 Å². The number of nitrogens with zero attached hydrogens (tertiary/aromatic N) is 2. The molecule has 0 aliphatic heterocycles. The predicted octanol–water partition coefficient (Wildman–Crippen LogP) is 3.84. The summed E-state index contributed by atoms with van der Waals surface area (Å²) >= 11 is 3.33. The van der Waals surface area contributed by atoms with Gasteiger partial charge < -0.3 is 14.5 Å². The molecule has 0 aliphatic rings. The molecule has 9 nitrogen and oxygen atoms in total. The molecule has 34 heavy (non-hydrogen) atoms. The number of esters is 1. The van der Waals surface area contributed by atoms with Gasteiger partial charge in [0.25, 0.3) is 11.5 Å². The minimum Gasteiger partial charge on any atom is -0.461 e. The quantitative estimate of drug-likeness (QED) is 0.311. The number of fused-ring (bicyclic) bond motifs is 1. The van der Waals surface area contributed by atoms with Crippen molar-refractivity contribution in [3.63, 3.8) is 0 Å². The van der Waals surface area contributed by atoms with Gasteiger partial charge in [0.15, 0.2) is 5.69 Å². The molecule has 0 bridgehead atoms. The van der Waals surface area contributed by atoms with Gasteiger partial charge in [-0.3, -0.25) is 9.59 Å². The fourth-order valence-electron chi connectivity index (χ4n) is 3.21. The van der Waals surface area contributed by atoms with Crippen LogP contribution >= 0.6 is 15.9 Å². The Morgan fingerprint density at radius 3 is 2.53 bits per heavy atom. The number of anilines is 1. The predicted molar refractivity (Wildman–Crippen MR) is 129 cm³/mol. The van der Waals surface area contributed by atoms with Crippen LogP contribution < -0.4 is 16.5 Å². The molecule has 4 aromatic rings. The second-order valence-corrected chi connectivity index (χ2v) is 8.21. The third-order valence-corrected chi connectivity index (χ3v) is 5.36. The molecule has 10 heteroatoms. The number of carbonyl (C=O) groups is 2. The van der Waals surface area contributed by atoms with Crippen LogP contribution in [-0.4, -0.2) is 28.3 Å². The Hall–Kier alpha value is -4.05. The Kier molecular flexibility index (Phi) is 6.42. The van der Waals surface area contributed by atoms with Gasteiger partial charge in [-0.15, -0.1) is 0 Å². The molecular formula is C24H18BrN3O6. The van der Waals surface area contributed by atoms with Crippen LogP contribution in [0.5, 0.6) is 0 Å². The average Bonchev–Trinajstić information content (AvgIpc) is 2.80. The molecule has 0 saturated carbocycles. The second kappa shape index (κ2) is 9.44. The molecular weight excluding hydrogens is 506 g/mol. The minimum absolute atomic E-state index is 0.0562. The van der Waals surface area contributed by atoms with Gasteiger partial charge in [-0.05, 0) is 50.2 Å². The van der Waals surface area contributed by atoms with Crippen LogP contribution in [-0.2, 0) is 4.74 Å². The molecule has 1 amide bonds. The van der Waals surface area contributed by atoms with Gasteiger partial charge in [-0.25, -0.2) is 9.59 Å². The SMILES string of the molecule is CCOC(=O)c1nn(-c2ccc(C)cc2)c(=O)cc1NC(=O)c1cc2cc(Br)ccc2oc1=O. The summed E-state index contributed by atoms with van der Waals surface area (Å²) in [6, 6.07) is 14.3. The first-order valence-electron chi connectivity index (χ1n) is 10.2. The number of ether oxygens (including phenoxy) is 1. The van der Waals surface area contributed by atoms with Gasteiger partial charge in [-0.1, -0.05) is 33.6 Å². The highest BCUT2D eigenvalue weighted by molar-refractivity contribution is 9.10. The smallest absolute Gasteiger partial charge is 0.360 e. The van der Waals surface area contributed by atoms with Crippen LogP contribution in [0.1, 0.15) is 33.3 Å². The van der Waals surface area contributed by atoms with Crippen LogP contribution in [0, 0.1) is 6.92 Å². The summed E-state index contributed by atoms with van der Waals surface area (Å²) in [5, 5.41) is 7.07. The fraction of sp³-hybridized carbons (Fsp3) is 0.125. The lowest BCUT2D eigenvalue weighted by molar-refractivity contribution is 0.0518. The third-order valence-electron chi connectivity index (χ3n) is 4.87. The van der Waals surface area contributed by atoms with Crippen LogP contribution in [0.4, 0.5) is 5.69 Å². The Balaban J connectivity index is 1.77. The largest absolute Gasteiger partial charge is 0.461 e. The van der Waals surface area contributed by atoms with Gasteiger partial charge in [0.1, 0.15) is 11.1 Å². The standard InChI is InChI=1S/C24H18BrN3O6/c1-3-33-24(32)21-18(12-20(29)28(27-21)16-7-4-13(2)5-8-16)26-22(30)17-11-14-10-15(25)6-9-19(14)34-23(17)31/h4-12H,3H2,1-2H3,(H,26,30). The average molecular weight is 524 g/mol. The Morgan fingerprint density at radius 1 is 1.09 bits per heavy atom. The number of rotatable bonds is 5. The van der Waals surface area contributed by atoms with Crippen molar-refractivity contribution in [2.75, 3.05) is 11.9 Å². The van der Waals surface area contributed by atoms with Crippen molar-refractivity contribution in [1.82, 2.24) is 9.78 Å². The molecule has 2 aromatic carbocycles. The summed E-state index contributed by atoms with van der Waals surface area (Å²) in [7, 11) is 0. The lowest BCUT2D eigenvalue weighted by atomic mass is 10.1. The summed E-state index contributed by atoms with van der Waals surface area (Å²) in [6.45, 7) is 3.57. The molecule has 172 valence electrons. The Bertz CT molecular complexity index is 1540. The van der Waals surface area contributed by atoms with Crippen molar-refractivity contribution >= 4 is 44.5 Å². The summed E-state index contributed by atoms with van der Waals surface area (Å²) in [5.41, 5.74) is -0.531. The molecule has 4 rings (SSSR count). The summed E-state index contributed by atoms with van der Waals surface area (Å²) < 4.78 is 12.0. The first kappa shape index (κ1) is 23.1. The molecule has 1 N–H and O–H groups in total. The first-order valence-corrected chi connectivity index (χ1v) is 11.0. The van der Waals surface area contributed by atoms with Crippen LogP contribution in [0.15, 0.2) is 73.1 Å². The number of nitrogens with one attached hydrogen (secondary N) is 1. The molecule has 2 heterocycles. The highest BCUT2D eigenvalue weighted by Crippen LogP contribution is 2.20. The Morgan fingerprint density at radius 2 is 1.82 bits per heavy atom. The number of halogens is 1. The zero-order valence-electron chi connectivity index (χ0n) is 18.1. The van der Waals surface area contributed by atoms with Gasteiger partial charge in [0.05, 0.1) is 18.0 Å². The van der Waals surface area contributed by atoms with Crippen LogP contribution in [0.3, 0.4) is 0 Å². The summed E-state index contributed by atoms with van der Waals surface area (Å²) in [4.78, 5) is 50.7. The molecule has 0 aliphatic carbocycles. The van der Waals surface area contributed by atoms with E-state index in [0.717, 1.165) is 20.8 Å². The van der Waals surface area contributed by atoms with E-state index in [0.29, 0.717) is 16.7 Å². The number of hydrogen-bond acceptors (Lipinski definition) is 7. The topological polar surface area (TPSA) is 120 Å². The molecule has 0 fully saturated rings. The second-order valence-electron chi connectivity index (χ2n) is 7.30. The van der Waals surface area contributed by atoms with E-state index >= 15 is 0 Å². The Labute approximate surface area is 201 Å². The number of aromatic nitrogens is 2. The lowest BCUT2D eigenvalue weighted by Crippen LogP contribution is -2.28. The number of benzene rings is 2. The van der Waals surface area contributed by atoms with E-state index in [1.165, 1.54) is 6.07 Å². The lowest BCUT2D eigenvalue weighted by Gasteiger charge is -2.12. The highest BCUT2D eigenvalue weighted by atomic mass is 79.9. The highest BCUT2D eigenvalue weighted by Gasteiger charge is 2.22. The molecule has 0 unspecified atom stereocenters. The van der Waals surface area contributed by atoms with Crippen molar-refractivity contribution in [3.8, 4) is 5.69 Å². The monoisotopic (exact) mass is 523 g/mol. The third kappa shape index (κ3) is 4.67. The zero-order valence-corrected chi connectivity index (χ0v) is 19.7. The van der Waals surface area contributed by atoms with Crippen molar-refractivity contribution in [3.05, 3.63) is 96.7 Å². The molecule has 0 saturated heterocycles. The summed E-state index contributed by atoms with van der Waals surface area (Å²) in [6.07, 6.45) is 0. The number of hydrogen-bond donors (Lipinski definition) is 1. The normalized spacial score (nSPS) is 10.8. The maximum absolute atomic E-state index is 12.9. The zero-order chi connectivity index (χ0) is 24.4. The van der Waals surface area contributed by atoms with E-state index in [1.807, 2.05) is 6.92 Å². The van der Waals surface area contributed by atoms with E-state index in [1.54, 1.807) is 49.4 Å². The first-order chi connectivity index (χ1) is 16.3. The number of amides is 1. The molecule has 2 aromatic heterocycles. The van der Waals surface area contributed by atoms with Crippen molar-refractivity contribution in [2.24, 2.45) is 0 Å². The van der Waals surface area contributed by atoms with E-state index in [9.17, 15) is 19.2 Å². The van der Waals surface area contributed by atoms with Crippen molar-refractivity contribution in [1.29, 1.82) is 0 Å². The fourth-order valence-corrected chi connectivity index (χ4v) is 3.59. The number of carbonyl (C=O) groups excluding carboxylic acids is 2. The van der Waals surface area contributed by atoms with E-state index < -0.39 is 23.1 Å². The minimum atomic E-state index is -0.869. The van der Waals surface area contributed by atoms with Crippen molar-refractivity contribution < 1.29 is 18.7 Å². The maximum atomic E-state index is 12.9. The van der Waals surface area contributed by atoms with Gasteiger partial charge in [0.2, 0.25) is 0 Å². The van der Waals surface area contributed by atoms with Crippen molar-refractivity contribution in [2.45, 2.75) is 13.8 Å². The number of aryl methyl sites for hydroxylation is 1. The van der Waals surface area contributed by atoms with Gasteiger partial charge in [0, 0.05) is 15.9 Å². The van der Waals surface area contributed by atoms with E-state index in [-0.39, 0.29) is 23.6 Å². The molecule has 0 atom stereocenters. The van der Waals surface area contributed by atoms with Gasteiger partial charge in [-0.2, -0.15) is 9.78 Å². The van der Waals surface area contributed by atoms with Crippen LogP contribution in [0.2, 0.25) is 0 Å². The van der Waals surface area contributed by atoms with E-state index in [2.05, 4.69) is 26.3 Å².